The Kier molecular flexibility index (Phi) is 6.05. The summed E-state index contributed by atoms with van der Waals surface area (Å²) in [6.45, 7) is 0.961. The fourth-order valence-corrected chi connectivity index (χ4v) is 6.35. The minimum Gasteiger partial charge on any atom is -0.497 e. The summed E-state index contributed by atoms with van der Waals surface area (Å²) in [5, 5.41) is 11.8. The van der Waals surface area contributed by atoms with Gasteiger partial charge in [0.05, 0.1) is 45.1 Å². The van der Waals surface area contributed by atoms with E-state index in [-0.39, 0.29) is 30.7 Å². The third-order valence-electron chi connectivity index (χ3n) is 8.01. The van der Waals surface area contributed by atoms with Crippen LogP contribution in [0.25, 0.3) is 11.1 Å². The van der Waals surface area contributed by atoms with Crippen LogP contribution in [0.5, 0.6) is 11.5 Å². The molecule has 2 aliphatic heterocycles. The van der Waals surface area contributed by atoms with Crippen molar-refractivity contribution in [3.8, 4) is 22.6 Å². The zero-order valence-electron chi connectivity index (χ0n) is 21.1. The second-order valence-corrected chi connectivity index (χ2v) is 10.1. The summed E-state index contributed by atoms with van der Waals surface area (Å²) >= 11 is 0. The van der Waals surface area contributed by atoms with Crippen molar-refractivity contribution in [3.63, 3.8) is 0 Å². The predicted octanol–water partition coefficient (Wildman–Crippen LogP) is 4.70. The van der Waals surface area contributed by atoms with E-state index in [0.29, 0.717) is 43.1 Å². The maximum Gasteiger partial charge on any atom is 0.410 e. The van der Waals surface area contributed by atoms with Crippen molar-refractivity contribution < 1.29 is 28.8 Å². The Morgan fingerprint density at radius 1 is 0.946 bits per heavy atom. The van der Waals surface area contributed by atoms with Crippen LogP contribution in [0.1, 0.15) is 35.4 Å². The van der Waals surface area contributed by atoms with E-state index in [9.17, 15) is 9.90 Å². The Morgan fingerprint density at radius 3 is 2.16 bits per heavy atom. The number of hydrogen-bond acceptors (Lipinski definition) is 6. The second-order valence-electron chi connectivity index (χ2n) is 10.1. The molecule has 7 nitrogen and oxygen atoms in total. The van der Waals surface area contributed by atoms with Crippen LogP contribution in [0.3, 0.4) is 0 Å². The number of aliphatic hydroxyl groups is 1. The summed E-state index contributed by atoms with van der Waals surface area (Å²) in [4.78, 5) is 15.3. The highest BCUT2D eigenvalue weighted by Gasteiger charge is 2.50. The number of methoxy groups -OCH3 is 2. The number of hydrogen-bond donors (Lipinski definition) is 1. The molecule has 7 heteroatoms. The number of rotatable bonds is 5. The molecule has 2 fully saturated rings. The van der Waals surface area contributed by atoms with Gasteiger partial charge >= 0.3 is 6.09 Å². The third-order valence-corrected chi connectivity index (χ3v) is 8.01. The number of piperidine rings is 1. The Hall–Kier alpha value is -3.55. The van der Waals surface area contributed by atoms with E-state index in [2.05, 4.69) is 24.3 Å². The van der Waals surface area contributed by atoms with Crippen LogP contribution in [0.2, 0.25) is 0 Å². The molecule has 0 radical (unpaired) electrons. The van der Waals surface area contributed by atoms with Crippen LogP contribution in [-0.2, 0) is 15.1 Å². The molecule has 192 valence electrons. The lowest BCUT2D eigenvalue weighted by molar-refractivity contribution is -0.137. The molecule has 1 N–H and O–H groups in total. The average Bonchev–Trinajstić information content (AvgIpc) is 3.24. The van der Waals surface area contributed by atoms with Crippen LogP contribution >= 0.6 is 0 Å². The zero-order chi connectivity index (χ0) is 25.6. The van der Waals surface area contributed by atoms with Crippen molar-refractivity contribution in [1.82, 2.24) is 4.90 Å². The van der Waals surface area contributed by atoms with E-state index in [1.165, 1.54) is 22.3 Å². The number of amides is 1. The molecule has 2 bridgehead atoms. The van der Waals surface area contributed by atoms with Crippen molar-refractivity contribution in [2.45, 2.75) is 36.4 Å². The summed E-state index contributed by atoms with van der Waals surface area (Å²) in [6, 6.07) is 21.4. The van der Waals surface area contributed by atoms with Crippen molar-refractivity contribution in [3.05, 3.63) is 83.4 Å². The quantitative estimate of drug-likeness (QED) is 0.546. The van der Waals surface area contributed by atoms with Crippen molar-refractivity contribution in [2.75, 3.05) is 34.0 Å². The molecule has 2 heterocycles. The van der Waals surface area contributed by atoms with Gasteiger partial charge in [-0.15, -0.1) is 0 Å². The summed E-state index contributed by atoms with van der Waals surface area (Å²) in [5.74, 6) is 1.22. The van der Waals surface area contributed by atoms with Gasteiger partial charge in [-0.1, -0.05) is 48.5 Å². The summed E-state index contributed by atoms with van der Waals surface area (Å²) < 4.78 is 22.7. The molecule has 2 atom stereocenters. The molecule has 37 heavy (non-hydrogen) atoms. The van der Waals surface area contributed by atoms with E-state index >= 15 is 0 Å². The monoisotopic (exact) mass is 501 g/mol. The summed E-state index contributed by atoms with van der Waals surface area (Å²) in [7, 11) is 3.18. The molecule has 0 spiro atoms. The maximum absolute atomic E-state index is 13.5. The van der Waals surface area contributed by atoms with Crippen LogP contribution in [0.4, 0.5) is 4.79 Å². The first-order chi connectivity index (χ1) is 18.0. The van der Waals surface area contributed by atoms with Gasteiger partial charge in [0.25, 0.3) is 0 Å². The van der Waals surface area contributed by atoms with Gasteiger partial charge in [0.2, 0.25) is 0 Å². The van der Waals surface area contributed by atoms with Gasteiger partial charge in [0, 0.05) is 30.4 Å². The highest BCUT2D eigenvalue weighted by molar-refractivity contribution is 5.79. The summed E-state index contributed by atoms with van der Waals surface area (Å²) in [5.41, 5.74) is 4.29. The van der Waals surface area contributed by atoms with Crippen molar-refractivity contribution >= 4 is 6.09 Å². The largest absolute Gasteiger partial charge is 0.497 e. The van der Waals surface area contributed by atoms with E-state index in [0.717, 1.165) is 0 Å². The number of benzene rings is 3. The molecule has 3 aromatic carbocycles. The summed E-state index contributed by atoms with van der Waals surface area (Å²) in [6.07, 6.45) is 0.302. The highest BCUT2D eigenvalue weighted by atomic mass is 16.6. The SMILES string of the molecule is COc1ccc(C2(O)CC3COCC(C2)N3C(=O)OCC2c3ccccc3-c3ccccc32)c(OC)c1. The number of ether oxygens (including phenoxy) is 4. The lowest BCUT2D eigenvalue weighted by Crippen LogP contribution is -2.62. The average molecular weight is 502 g/mol. The molecule has 2 unspecified atom stereocenters. The van der Waals surface area contributed by atoms with E-state index in [1.807, 2.05) is 36.4 Å². The first kappa shape index (κ1) is 23.8. The highest BCUT2D eigenvalue weighted by Crippen LogP contribution is 2.46. The normalized spacial score (nSPS) is 24.2. The molecule has 0 saturated carbocycles. The smallest absolute Gasteiger partial charge is 0.410 e. The fraction of sp³-hybridized carbons (Fsp3) is 0.367. The van der Waals surface area contributed by atoms with E-state index < -0.39 is 5.60 Å². The third kappa shape index (κ3) is 4.03. The van der Waals surface area contributed by atoms with Gasteiger partial charge in [-0.2, -0.15) is 0 Å². The molecular weight excluding hydrogens is 470 g/mol. The number of morpholine rings is 1. The lowest BCUT2D eigenvalue weighted by atomic mass is 9.76. The standard InChI is InChI=1S/C30H31NO6/c1-34-21-11-12-27(28(13-21)35-2)30(33)14-19-16-36-17-20(15-30)31(19)29(32)37-18-26-24-9-5-3-7-22(24)23-8-4-6-10-25(23)26/h3-13,19-20,26,33H,14-18H2,1-2H3. The molecule has 1 aliphatic carbocycles. The number of nitrogens with zero attached hydrogens (tertiary/aromatic N) is 1. The van der Waals surface area contributed by atoms with Gasteiger partial charge < -0.3 is 24.1 Å². The Labute approximate surface area is 216 Å². The molecule has 1 amide bonds. The lowest BCUT2D eigenvalue weighted by Gasteiger charge is -2.51. The topological polar surface area (TPSA) is 77.5 Å². The molecule has 3 aromatic rings. The van der Waals surface area contributed by atoms with Crippen molar-refractivity contribution in [1.29, 1.82) is 0 Å². The Morgan fingerprint density at radius 2 is 1.57 bits per heavy atom. The van der Waals surface area contributed by atoms with Crippen LogP contribution < -0.4 is 9.47 Å². The van der Waals surface area contributed by atoms with E-state index in [4.69, 9.17) is 18.9 Å². The van der Waals surface area contributed by atoms with Gasteiger partial charge in [-0.25, -0.2) is 4.79 Å². The van der Waals surface area contributed by atoms with Gasteiger partial charge in [0.15, 0.2) is 0 Å². The molecule has 0 aromatic heterocycles. The second kappa shape index (κ2) is 9.39. The number of carbonyl (C=O) groups is 1. The molecule has 2 saturated heterocycles. The molecular formula is C30H31NO6. The fourth-order valence-electron chi connectivity index (χ4n) is 6.35. The van der Waals surface area contributed by atoms with Crippen molar-refractivity contribution in [2.24, 2.45) is 0 Å². The van der Waals surface area contributed by atoms with Gasteiger partial charge in [-0.3, -0.25) is 4.90 Å². The zero-order valence-corrected chi connectivity index (χ0v) is 21.1. The number of carbonyl (C=O) groups excluding carboxylic acids is 1. The van der Waals surface area contributed by atoms with Crippen LogP contribution in [0, 0.1) is 0 Å². The first-order valence-corrected chi connectivity index (χ1v) is 12.7. The molecule has 6 rings (SSSR count). The van der Waals surface area contributed by atoms with E-state index in [1.54, 1.807) is 25.2 Å². The minimum absolute atomic E-state index is 0.00211. The van der Waals surface area contributed by atoms with Crippen LogP contribution in [-0.4, -0.2) is 62.2 Å². The Balaban J connectivity index is 1.21. The van der Waals surface area contributed by atoms with Gasteiger partial charge in [-0.05, 0) is 34.4 Å². The van der Waals surface area contributed by atoms with Crippen LogP contribution in [0.15, 0.2) is 66.7 Å². The predicted molar refractivity (Wildman–Crippen MR) is 138 cm³/mol. The maximum atomic E-state index is 13.5. The number of fused-ring (bicyclic) bond motifs is 5. The first-order valence-electron chi connectivity index (χ1n) is 12.7. The van der Waals surface area contributed by atoms with Gasteiger partial charge in [0.1, 0.15) is 18.1 Å². The molecule has 3 aliphatic rings. The Bertz CT molecular complexity index is 1260. The minimum atomic E-state index is -1.16.